The molecule has 3 aromatic rings. The number of piperazine rings is 1. The maximum Gasteiger partial charge on any atom is 0.232 e. The molecule has 1 atom stereocenters. The molecule has 1 unspecified atom stereocenters. The van der Waals surface area contributed by atoms with Crippen molar-refractivity contribution >= 4 is 46.4 Å². The van der Waals surface area contributed by atoms with Crippen molar-refractivity contribution in [3.8, 4) is 12.1 Å². The van der Waals surface area contributed by atoms with Crippen molar-refractivity contribution in [1.29, 1.82) is 10.5 Å². The number of amides is 1. The Morgan fingerprint density at radius 2 is 2.05 bits per heavy atom. The van der Waals surface area contributed by atoms with Crippen LogP contribution in [-0.4, -0.2) is 68.7 Å². The highest BCUT2D eigenvalue weighted by Gasteiger charge is 2.29. The minimum atomic E-state index is -0.357. The Balaban J connectivity index is 1.50. The molecule has 190 valence electrons. The van der Waals surface area contributed by atoms with Gasteiger partial charge in [-0.25, -0.2) is 0 Å². The van der Waals surface area contributed by atoms with Gasteiger partial charge in [0.05, 0.1) is 40.8 Å². The third-order valence-corrected chi connectivity index (χ3v) is 6.95. The summed E-state index contributed by atoms with van der Waals surface area (Å²) in [5.74, 6) is 0.347. The summed E-state index contributed by atoms with van der Waals surface area (Å²) in [7, 11) is 0. The number of benzene rings is 1. The topological polar surface area (TPSA) is 164 Å². The molecule has 1 aliphatic carbocycles. The zero-order chi connectivity index (χ0) is 26.1. The Hall–Kier alpha value is -4.13. The lowest BCUT2D eigenvalue weighted by atomic mass is 10.1. The van der Waals surface area contributed by atoms with Crippen molar-refractivity contribution in [1.82, 2.24) is 24.5 Å². The third-order valence-electron chi connectivity index (χ3n) is 6.56. The average Bonchev–Trinajstić information content (AvgIpc) is 3.60. The van der Waals surface area contributed by atoms with Gasteiger partial charge in [-0.3, -0.25) is 9.69 Å². The minimum Gasteiger partial charge on any atom is -0.369 e. The van der Waals surface area contributed by atoms with E-state index in [9.17, 15) is 15.3 Å². The lowest BCUT2D eigenvalue weighted by Crippen LogP contribution is -2.54. The number of hydrogen-bond acceptors (Lipinski definition) is 10. The van der Waals surface area contributed by atoms with Crippen molar-refractivity contribution in [3.63, 3.8) is 0 Å². The fourth-order valence-corrected chi connectivity index (χ4v) is 4.83. The first kappa shape index (κ1) is 24.6. The number of hydrogen-bond donors (Lipinski definition) is 3. The van der Waals surface area contributed by atoms with Crippen LogP contribution >= 0.6 is 11.6 Å². The van der Waals surface area contributed by atoms with Crippen molar-refractivity contribution < 1.29 is 4.79 Å². The summed E-state index contributed by atoms with van der Waals surface area (Å²) in [5, 5.41) is 30.4. The third kappa shape index (κ3) is 5.07. The predicted molar refractivity (Wildman–Crippen MR) is 139 cm³/mol. The van der Waals surface area contributed by atoms with E-state index >= 15 is 0 Å². The van der Waals surface area contributed by atoms with Gasteiger partial charge < -0.3 is 21.3 Å². The standard InChI is InChI=1S/C24H26ClN11O/c1-2-17-12-34(13-20(28)37)5-6-35(17)19-8-14(9-26)7-18(21(19)25)31-23-32-22-15(10-27)11-29-36(22)24(33-23)30-16-3-4-16/h7-8,11,16-17H,2-6,12-13H2,1H3,(H2,28,37)(H2,30,31,32,33). The largest absolute Gasteiger partial charge is 0.369 e. The van der Waals surface area contributed by atoms with Gasteiger partial charge in [0.1, 0.15) is 11.6 Å². The summed E-state index contributed by atoms with van der Waals surface area (Å²) in [6, 6.07) is 8.13. The first-order valence-electron chi connectivity index (χ1n) is 12.1. The maximum absolute atomic E-state index is 11.4. The van der Waals surface area contributed by atoms with Crippen LogP contribution in [0.1, 0.15) is 37.3 Å². The Labute approximate surface area is 218 Å². The number of carbonyl (C=O) groups is 1. The summed E-state index contributed by atoms with van der Waals surface area (Å²) in [6.07, 6.45) is 4.34. The smallest absolute Gasteiger partial charge is 0.232 e. The Kier molecular flexibility index (Phi) is 6.70. The fraction of sp³-hybridized carbons (Fsp3) is 0.417. The molecule has 0 spiro atoms. The van der Waals surface area contributed by atoms with E-state index in [1.165, 1.54) is 10.7 Å². The molecular weight excluding hydrogens is 494 g/mol. The molecule has 1 saturated carbocycles. The normalized spacial score (nSPS) is 17.8. The highest BCUT2D eigenvalue weighted by molar-refractivity contribution is 6.36. The number of carbonyl (C=O) groups excluding carboxylic acids is 1. The minimum absolute atomic E-state index is 0.0827. The average molecular weight is 520 g/mol. The number of aromatic nitrogens is 4. The van der Waals surface area contributed by atoms with Crippen molar-refractivity contribution in [2.24, 2.45) is 5.73 Å². The monoisotopic (exact) mass is 519 g/mol. The Bertz CT molecular complexity index is 1440. The molecule has 2 fully saturated rings. The lowest BCUT2D eigenvalue weighted by molar-refractivity contribution is -0.119. The zero-order valence-corrected chi connectivity index (χ0v) is 21.0. The van der Waals surface area contributed by atoms with Gasteiger partial charge in [0.15, 0.2) is 5.65 Å². The summed E-state index contributed by atoms with van der Waals surface area (Å²) in [6.45, 7) is 4.20. The summed E-state index contributed by atoms with van der Waals surface area (Å²) in [4.78, 5) is 24.7. The van der Waals surface area contributed by atoms with E-state index in [-0.39, 0.29) is 24.4 Å². The van der Waals surface area contributed by atoms with Crippen molar-refractivity contribution in [3.05, 3.63) is 34.5 Å². The van der Waals surface area contributed by atoms with Crippen molar-refractivity contribution in [2.75, 3.05) is 41.7 Å². The number of nitriles is 2. The molecule has 1 aromatic carbocycles. The van der Waals surface area contributed by atoms with Crippen LogP contribution < -0.4 is 21.3 Å². The summed E-state index contributed by atoms with van der Waals surface area (Å²) < 4.78 is 1.51. The van der Waals surface area contributed by atoms with Gasteiger partial charge in [-0.05, 0) is 31.4 Å². The van der Waals surface area contributed by atoms with Gasteiger partial charge in [-0.1, -0.05) is 18.5 Å². The van der Waals surface area contributed by atoms with Gasteiger partial charge in [-0.2, -0.15) is 30.1 Å². The number of rotatable bonds is 8. The van der Waals surface area contributed by atoms with Gasteiger partial charge in [0.2, 0.25) is 17.8 Å². The van der Waals surface area contributed by atoms with Crippen LogP contribution in [0.5, 0.6) is 0 Å². The molecule has 5 rings (SSSR count). The molecule has 1 aliphatic heterocycles. The fourth-order valence-electron chi connectivity index (χ4n) is 4.56. The van der Waals surface area contributed by atoms with E-state index in [0.717, 1.165) is 19.3 Å². The van der Waals surface area contributed by atoms with Crippen LogP contribution in [0.15, 0.2) is 18.3 Å². The SMILES string of the molecule is CCC1CN(CC(N)=O)CCN1c1cc(C#N)cc(Nc2nc(NC3CC3)n3ncc(C#N)c3n2)c1Cl. The molecule has 1 amide bonds. The van der Waals surface area contributed by atoms with E-state index in [1.807, 2.05) is 4.90 Å². The van der Waals surface area contributed by atoms with Crippen LogP contribution in [-0.2, 0) is 4.79 Å². The first-order chi connectivity index (χ1) is 17.9. The molecule has 0 radical (unpaired) electrons. The quantitative estimate of drug-likeness (QED) is 0.401. The second-order valence-electron chi connectivity index (χ2n) is 9.25. The van der Waals surface area contributed by atoms with Gasteiger partial charge in [-0.15, -0.1) is 0 Å². The number of anilines is 4. The highest BCUT2D eigenvalue weighted by atomic mass is 35.5. The van der Waals surface area contributed by atoms with Crippen LogP contribution in [0.3, 0.4) is 0 Å². The molecule has 12 nitrogen and oxygen atoms in total. The Morgan fingerprint density at radius 1 is 1.24 bits per heavy atom. The number of fused-ring (bicyclic) bond motifs is 1. The van der Waals surface area contributed by atoms with Gasteiger partial charge >= 0.3 is 0 Å². The van der Waals surface area contributed by atoms with Crippen LogP contribution in [0.4, 0.5) is 23.3 Å². The van der Waals surface area contributed by atoms with E-state index in [2.05, 4.69) is 49.7 Å². The van der Waals surface area contributed by atoms with E-state index in [4.69, 9.17) is 17.3 Å². The number of nitrogens with two attached hydrogens (primary N) is 1. The molecule has 4 N–H and O–H groups in total. The van der Waals surface area contributed by atoms with Crippen LogP contribution in [0.25, 0.3) is 5.65 Å². The first-order valence-corrected chi connectivity index (χ1v) is 12.5. The summed E-state index contributed by atoms with van der Waals surface area (Å²) in [5.41, 5.74) is 7.71. The molecule has 0 bridgehead atoms. The highest BCUT2D eigenvalue weighted by Crippen LogP contribution is 2.38. The number of halogens is 1. The molecule has 37 heavy (non-hydrogen) atoms. The number of primary amides is 1. The second kappa shape index (κ2) is 10.1. The lowest BCUT2D eigenvalue weighted by Gasteiger charge is -2.42. The molecule has 3 heterocycles. The molecule has 2 aliphatic rings. The van der Waals surface area contributed by atoms with Gasteiger partial charge in [0.25, 0.3) is 0 Å². The van der Waals surface area contributed by atoms with Crippen molar-refractivity contribution in [2.45, 2.75) is 38.3 Å². The molecule has 13 heteroatoms. The van der Waals surface area contributed by atoms with Crippen LogP contribution in [0.2, 0.25) is 5.02 Å². The second-order valence-corrected chi connectivity index (χ2v) is 9.62. The molecule has 2 aromatic heterocycles. The van der Waals surface area contributed by atoms with Crippen LogP contribution in [0, 0.1) is 22.7 Å². The number of nitrogens with zero attached hydrogens (tertiary/aromatic N) is 8. The molecule has 1 saturated heterocycles. The summed E-state index contributed by atoms with van der Waals surface area (Å²) >= 11 is 6.91. The zero-order valence-electron chi connectivity index (χ0n) is 20.3. The number of nitrogens with one attached hydrogen (secondary N) is 2. The van der Waals surface area contributed by atoms with Gasteiger partial charge in [0, 0.05) is 31.7 Å². The van der Waals surface area contributed by atoms with E-state index < -0.39 is 0 Å². The predicted octanol–water partition coefficient (Wildman–Crippen LogP) is 2.22. The maximum atomic E-state index is 11.4. The van der Waals surface area contributed by atoms with E-state index in [1.54, 1.807) is 12.1 Å². The van der Waals surface area contributed by atoms with E-state index in [0.29, 0.717) is 64.8 Å². The Morgan fingerprint density at radius 3 is 2.73 bits per heavy atom. The molecular formula is C24H26ClN11O.